The molecule has 0 bridgehead atoms. The first-order chi connectivity index (χ1) is 14.7. The molecule has 4 aromatic rings. The minimum absolute atomic E-state index is 0.523. The van der Waals surface area contributed by atoms with E-state index in [1.54, 1.807) is 22.5 Å². The lowest BCUT2D eigenvalue weighted by Crippen LogP contribution is -2.02. The molecule has 2 heterocycles. The van der Waals surface area contributed by atoms with Gasteiger partial charge in [0.1, 0.15) is 0 Å². The molecule has 0 fully saturated rings. The van der Waals surface area contributed by atoms with Crippen molar-refractivity contribution in [3.8, 4) is 0 Å². The lowest BCUT2D eigenvalue weighted by atomic mass is 10.1. The van der Waals surface area contributed by atoms with Gasteiger partial charge in [0, 0.05) is 40.5 Å². The van der Waals surface area contributed by atoms with E-state index in [1.165, 1.54) is 6.20 Å². The minimum atomic E-state index is 0.523. The van der Waals surface area contributed by atoms with Gasteiger partial charge in [0.25, 0.3) is 5.78 Å². The van der Waals surface area contributed by atoms with Crippen molar-refractivity contribution < 1.29 is 0 Å². The Hall–Kier alpha value is -3.78. The molecule has 0 aliphatic rings. The fourth-order valence-corrected chi connectivity index (χ4v) is 3.59. The van der Waals surface area contributed by atoms with Gasteiger partial charge < -0.3 is 5.32 Å². The summed E-state index contributed by atoms with van der Waals surface area (Å²) >= 11 is 1.63. The Morgan fingerprint density at radius 1 is 1.10 bits per heavy atom. The van der Waals surface area contributed by atoms with Crippen molar-refractivity contribution in [2.75, 3.05) is 5.32 Å². The molecular weight excluding hydrogens is 394 g/mol. The van der Waals surface area contributed by atoms with Crippen molar-refractivity contribution in [2.45, 2.75) is 16.3 Å². The highest BCUT2D eigenvalue weighted by Gasteiger charge is 2.07. The highest BCUT2D eigenvalue weighted by molar-refractivity contribution is 7.99. The molecule has 0 saturated carbocycles. The van der Waals surface area contributed by atoms with Crippen LogP contribution in [0.5, 0.6) is 0 Å². The number of hydrogen-bond donors (Lipinski definition) is 1. The zero-order valence-electron chi connectivity index (χ0n) is 16.1. The number of hydrogen-bond acceptors (Lipinski definition) is 6. The predicted molar refractivity (Wildman–Crippen MR) is 121 cm³/mol. The van der Waals surface area contributed by atoms with Crippen LogP contribution in [0, 0.1) is 0 Å². The molecule has 0 aliphatic carbocycles. The number of nitrogens with one attached hydrogen (secondary N) is 1. The van der Waals surface area contributed by atoms with Gasteiger partial charge in [0.15, 0.2) is 5.84 Å². The van der Waals surface area contributed by atoms with Crippen molar-refractivity contribution in [1.82, 2.24) is 19.6 Å². The smallest absolute Gasteiger partial charge is 0.254 e. The van der Waals surface area contributed by atoms with E-state index < -0.39 is 0 Å². The van der Waals surface area contributed by atoms with Crippen molar-refractivity contribution in [3.63, 3.8) is 0 Å². The third kappa shape index (κ3) is 4.61. The first-order valence-corrected chi connectivity index (χ1v) is 10.0. The van der Waals surface area contributed by atoms with E-state index in [0.717, 1.165) is 20.9 Å². The summed E-state index contributed by atoms with van der Waals surface area (Å²) in [6.07, 6.45) is 5.18. The quantitative estimate of drug-likeness (QED) is 0.357. The number of aliphatic imine (C=N–C) groups is 2. The van der Waals surface area contributed by atoms with E-state index in [4.69, 9.17) is 0 Å². The molecule has 148 valence electrons. The molecule has 4 rings (SSSR count). The van der Waals surface area contributed by atoms with Crippen LogP contribution in [0.3, 0.4) is 0 Å². The second-order valence-corrected chi connectivity index (χ2v) is 7.38. The standard InChI is InChI=1S/C22H19N7S/c1-3-24-20(23-2)17-11-9-16(10-12-17)13-25-21-27-22-26-14-19(15-29(22)28-21)30-18-7-5-4-6-8-18/h3-12,14-15H,1-2,13H2,(H,25,28). The first-order valence-electron chi connectivity index (χ1n) is 9.19. The monoisotopic (exact) mass is 413 g/mol. The summed E-state index contributed by atoms with van der Waals surface area (Å²) in [6.45, 7) is 7.71. The molecule has 30 heavy (non-hydrogen) atoms. The van der Waals surface area contributed by atoms with E-state index in [0.29, 0.717) is 24.1 Å². The largest absolute Gasteiger partial charge is 0.349 e. The number of amidine groups is 1. The van der Waals surface area contributed by atoms with Crippen molar-refractivity contribution in [3.05, 3.63) is 90.9 Å². The number of benzene rings is 2. The van der Waals surface area contributed by atoms with Gasteiger partial charge in [-0.25, -0.2) is 19.5 Å². The number of aromatic nitrogens is 4. The molecule has 0 unspecified atom stereocenters. The zero-order valence-corrected chi connectivity index (χ0v) is 17.0. The number of anilines is 1. The molecule has 0 spiro atoms. The van der Waals surface area contributed by atoms with Crippen LogP contribution in [-0.2, 0) is 6.54 Å². The second kappa shape index (κ2) is 9.15. The van der Waals surface area contributed by atoms with E-state index in [9.17, 15) is 0 Å². The van der Waals surface area contributed by atoms with E-state index in [2.05, 4.69) is 55.8 Å². The van der Waals surface area contributed by atoms with Crippen LogP contribution in [0.2, 0.25) is 0 Å². The molecule has 7 nitrogen and oxygen atoms in total. The SMILES string of the molecule is C=CN=C(N=C)c1ccc(CNc2nc3ncc(Sc4ccccc4)cn3n2)cc1. The maximum atomic E-state index is 4.48. The Kier molecular flexibility index (Phi) is 5.95. The molecule has 2 aromatic carbocycles. The molecule has 8 heteroatoms. The van der Waals surface area contributed by atoms with Crippen LogP contribution in [0.25, 0.3) is 5.78 Å². The third-order valence-corrected chi connectivity index (χ3v) is 5.13. The molecule has 0 aliphatic heterocycles. The molecule has 0 amide bonds. The van der Waals surface area contributed by atoms with Crippen molar-refractivity contribution >= 4 is 36.0 Å². The van der Waals surface area contributed by atoms with Crippen LogP contribution in [0.1, 0.15) is 11.1 Å². The normalized spacial score (nSPS) is 11.4. The Balaban J connectivity index is 1.43. The average Bonchev–Trinajstić information content (AvgIpc) is 3.19. The van der Waals surface area contributed by atoms with E-state index >= 15 is 0 Å². The fourth-order valence-electron chi connectivity index (χ4n) is 2.76. The summed E-state index contributed by atoms with van der Waals surface area (Å²) in [5, 5.41) is 7.71. The number of nitrogens with zero attached hydrogens (tertiary/aromatic N) is 6. The van der Waals surface area contributed by atoms with Crippen LogP contribution in [0.4, 0.5) is 5.95 Å². The second-order valence-electron chi connectivity index (χ2n) is 6.23. The molecule has 2 aromatic heterocycles. The van der Waals surface area contributed by atoms with Crippen LogP contribution >= 0.6 is 11.8 Å². The fraction of sp³-hybridized carbons (Fsp3) is 0.0455. The van der Waals surface area contributed by atoms with Gasteiger partial charge in [-0.1, -0.05) is 60.8 Å². The summed E-state index contributed by atoms with van der Waals surface area (Å²) in [4.78, 5) is 19.0. The summed E-state index contributed by atoms with van der Waals surface area (Å²) in [6, 6.07) is 18.0. The first kappa shape index (κ1) is 19.5. The maximum absolute atomic E-state index is 4.48. The van der Waals surface area contributed by atoms with E-state index in [-0.39, 0.29) is 0 Å². The average molecular weight is 414 g/mol. The van der Waals surface area contributed by atoms with Crippen LogP contribution in [-0.4, -0.2) is 32.1 Å². The highest BCUT2D eigenvalue weighted by atomic mass is 32.2. The Labute approximate surface area is 178 Å². The minimum Gasteiger partial charge on any atom is -0.349 e. The molecular formula is C22H19N7S. The molecule has 0 atom stereocenters. The third-order valence-electron chi connectivity index (χ3n) is 4.18. The van der Waals surface area contributed by atoms with Crippen molar-refractivity contribution in [2.24, 2.45) is 9.98 Å². The number of fused-ring (bicyclic) bond motifs is 1. The zero-order chi connectivity index (χ0) is 20.8. The molecule has 0 radical (unpaired) electrons. The van der Waals surface area contributed by atoms with E-state index in [1.807, 2.05) is 48.7 Å². The van der Waals surface area contributed by atoms with Gasteiger partial charge >= 0.3 is 0 Å². The Morgan fingerprint density at radius 3 is 2.63 bits per heavy atom. The maximum Gasteiger partial charge on any atom is 0.254 e. The summed E-state index contributed by atoms with van der Waals surface area (Å²) in [7, 11) is 0. The topological polar surface area (TPSA) is 79.8 Å². The van der Waals surface area contributed by atoms with Gasteiger partial charge in [-0.05, 0) is 24.4 Å². The summed E-state index contributed by atoms with van der Waals surface area (Å²) in [5.74, 6) is 1.62. The van der Waals surface area contributed by atoms with Gasteiger partial charge in [0.2, 0.25) is 5.95 Å². The molecule has 0 saturated heterocycles. The summed E-state index contributed by atoms with van der Waals surface area (Å²) in [5.41, 5.74) is 1.96. The lowest BCUT2D eigenvalue weighted by Gasteiger charge is -2.04. The van der Waals surface area contributed by atoms with Gasteiger partial charge in [-0.3, -0.25) is 0 Å². The predicted octanol–water partition coefficient (Wildman–Crippen LogP) is 4.48. The molecule has 1 N–H and O–H groups in total. The Morgan fingerprint density at radius 2 is 1.90 bits per heavy atom. The van der Waals surface area contributed by atoms with Gasteiger partial charge in [0.05, 0.1) is 0 Å². The van der Waals surface area contributed by atoms with Crippen LogP contribution in [0.15, 0.2) is 99.5 Å². The number of rotatable bonds is 7. The Bertz CT molecular complexity index is 1200. The summed E-state index contributed by atoms with van der Waals surface area (Å²) < 4.78 is 1.69. The lowest BCUT2D eigenvalue weighted by molar-refractivity contribution is 0.908. The van der Waals surface area contributed by atoms with Gasteiger partial charge in [-0.15, -0.1) is 5.10 Å². The van der Waals surface area contributed by atoms with Gasteiger partial charge in [-0.2, -0.15) is 4.98 Å². The van der Waals surface area contributed by atoms with Crippen LogP contribution < -0.4 is 5.32 Å². The highest BCUT2D eigenvalue weighted by Crippen LogP contribution is 2.26. The van der Waals surface area contributed by atoms with Crippen molar-refractivity contribution in [1.29, 1.82) is 0 Å².